The Morgan fingerprint density at radius 1 is 0.947 bits per heavy atom. The molecule has 0 radical (unpaired) electrons. The fourth-order valence-corrected chi connectivity index (χ4v) is 4.15. The van der Waals surface area contributed by atoms with Crippen LogP contribution in [0, 0.1) is 5.82 Å². The predicted molar refractivity (Wildman–Crippen MR) is 138 cm³/mol. The second-order valence-electron chi connectivity index (χ2n) is 8.27. The summed E-state index contributed by atoms with van der Waals surface area (Å²) in [5.74, 6) is -0.738. The molecule has 0 fully saturated rings. The molecule has 11 heteroatoms. The van der Waals surface area contributed by atoms with Gasteiger partial charge in [0.15, 0.2) is 0 Å². The number of nitrogen functional groups attached to an aromatic ring is 1. The van der Waals surface area contributed by atoms with Crippen LogP contribution in [0.15, 0.2) is 83.6 Å². The maximum absolute atomic E-state index is 13.9. The van der Waals surface area contributed by atoms with Crippen LogP contribution in [0.3, 0.4) is 0 Å². The summed E-state index contributed by atoms with van der Waals surface area (Å²) >= 11 is 6.13. The van der Waals surface area contributed by atoms with E-state index in [0.717, 1.165) is 5.56 Å². The van der Waals surface area contributed by atoms with Gasteiger partial charge >= 0.3 is 12.2 Å². The van der Waals surface area contributed by atoms with E-state index >= 15 is 0 Å². The summed E-state index contributed by atoms with van der Waals surface area (Å²) in [6, 6.07) is 14.6. The fraction of sp³-hybridized carbons (Fsp3) is 0.0370. The number of nitrogens with zero attached hydrogens (tertiary/aromatic N) is 1. The molecule has 192 valence electrons. The van der Waals surface area contributed by atoms with Crippen LogP contribution < -0.4 is 16.4 Å². The van der Waals surface area contributed by atoms with Crippen molar-refractivity contribution in [2.75, 3.05) is 16.4 Å². The number of urea groups is 1. The number of hydrogen-bond acceptors (Lipinski definition) is 4. The predicted octanol–water partition coefficient (Wildman–Crippen LogP) is 8.20. The molecule has 3 aromatic carbocycles. The zero-order chi connectivity index (χ0) is 27.0. The summed E-state index contributed by atoms with van der Waals surface area (Å²) in [5.41, 5.74) is 8.21. The number of carbonyl (C=O) groups excluding carboxylic acids is 1. The lowest BCUT2D eigenvalue weighted by atomic mass is 10.0. The van der Waals surface area contributed by atoms with Crippen LogP contribution in [0.4, 0.5) is 39.5 Å². The third kappa shape index (κ3) is 4.98. The van der Waals surface area contributed by atoms with E-state index < -0.39 is 29.3 Å². The van der Waals surface area contributed by atoms with Gasteiger partial charge in [-0.15, -0.1) is 0 Å². The minimum atomic E-state index is -4.68. The third-order valence-electron chi connectivity index (χ3n) is 5.76. The Morgan fingerprint density at radius 2 is 1.71 bits per heavy atom. The average molecular weight is 541 g/mol. The molecule has 0 atom stereocenters. The first-order valence-corrected chi connectivity index (χ1v) is 11.4. The van der Waals surface area contributed by atoms with E-state index in [4.69, 9.17) is 21.8 Å². The lowest BCUT2D eigenvalue weighted by Crippen LogP contribution is -2.20. The van der Waals surface area contributed by atoms with Gasteiger partial charge in [0, 0.05) is 28.0 Å². The van der Waals surface area contributed by atoms with Crippen LogP contribution in [0.5, 0.6) is 0 Å². The number of nitrogens with two attached hydrogens (primary N) is 1. The first-order valence-electron chi connectivity index (χ1n) is 11.1. The Morgan fingerprint density at radius 3 is 2.42 bits per heavy atom. The van der Waals surface area contributed by atoms with Crippen molar-refractivity contribution < 1.29 is 26.8 Å². The van der Waals surface area contributed by atoms with E-state index in [1.807, 2.05) is 12.1 Å². The highest BCUT2D eigenvalue weighted by Gasteiger charge is 2.31. The highest BCUT2D eigenvalue weighted by atomic mass is 35.5. The number of carbonyl (C=O) groups is 1. The molecule has 4 N–H and O–H groups in total. The van der Waals surface area contributed by atoms with E-state index in [0.29, 0.717) is 56.6 Å². The molecule has 0 bridgehead atoms. The third-order valence-corrected chi connectivity index (χ3v) is 5.99. The molecule has 2 amide bonds. The summed E-state index contributed by atoms with van der Waals surface area (Å²) in [6.07, 6.45) is -1.53. The minimum absolute atomic E-state index is 0.263. The topological polar surface area (TPSA) is 93.2 Å². The Hall–Kier alpha value is -4.57. The number of aromatic nitrogens is 1. The molecule has 38 heavy (non-hydrogen) atoms. The van der Waals surface area contributed by atoms with Crippen LogP contribution >= 0.6 is 11.6 Å². The van der Waals surface area contributed by atoms with Gasteiger partial charge in [-0.1, -0.05) is 35.9 Å². The molecule has 0 saturated heterocycles. The van der Waals surface area contributed by atoms with Gasteiger partial charge in [0.2, 0.25) is 0 Å². The highest BCUT2D eigenvalue weighted by molar-refractivity contribution is 6.31. The number of hydrogen-bond donors (Lipinski definition) is 3. The van der Waals surface area contributed by atoms with Crippen LogP contribution in [0.1, 0.15) is 5.56 Å². The summed E-state index contributed by atoms with van der Waals surface area (Å²) in [5, 5.41) is 5.71. The number of anilines is 3. The molecular weight excluding hydrogens is 524 g/mol. The van der Waals surface area contributed by atoms with E-state index in [1.165, 1.54) is 0 Å². The Labute approximate surface area is 218 Å². The number of furan rings is 1. The number of rotatable bonds is 4. The molecule has 0 aliphatic carbocycles. The van der Waals surface area contributed by atoms with Gasteiger partial charge in [0.1, 0.15) is 17.2 Å². The number of fused-ring (bicyclic) bond motifs is 1. The number of alkyl halides is 3. The number of nitrogens with one attached hydrogen (secondary N) is 2. The molecule has 5 rings (SSSR count). The normalized spacial score (nSPS) is 11.5. The SMILES string of the molecule is Nc1ncc(-c2cccc(Cl)c2)c2occ(-c3ccc(NC(=O)Nc4cc(C(F)(F)F)ccc4F)cc3)c12. The van der Waals surface area contributed by atoms with Crippen LogP contribution in [0.2, 0.25) is 5.02 Å². The van der Waals surface area contributed by atoms with Gasteiger partial charge in [-0.2, -0.15) is 13.2 Å². The molecule has 0 unspecified atom stereocenters. The first-order chi connectivity index (χ1) is 18.1. The lowest BCUT2D eigenvalue weighted by Gasteiger charge is -2.12. The number of amides is 2. The van der Waals surface area contributed by atoms with Crippen molar-refractivity contribution in [3.63, 3.8) is 0 Å². The Bertz CT molecular complexity index is 1670. The van der Waals surface area contributed by atoms with Crippen molar-refractivity contribution in [1.29, 1.82) is 0 Å². The van der Waals surface area contributed by atoms with Crippen molar-refractivity contribution in [3.8, 4) is 22.3 Å². The molecule has 2 heterocycles. The van der Waals surface area contributed by atoms with Gasteiger partial charge in [-0.05, 0) is 53.6 Å². The van der Waals surface area contributed by atoms with Crippen molar-refractivity contribution in [2.45, 2.75) is 6.18 Å². The van der Waals surface area contributed by atoms with E-state index in [9.17, 15) is 22.4 Å². The van der Waals surface area contributed by atoms with Gasteiger partial charge < -0.3 is 20.8 Å². The van der Waals surface area contributed by atoms with Crippen molar-refractivity contribution >= 4 is 45.8 Å². The standard InChI is InChI=1S/C27H17ClF4N4O2/c28-17-3-1-2-15(10-17)19-12-34-25(33)23-20(13-38-24(19)23)14-4-7-18(8-5-14)35-26(37)36-22-11-16(27(30,31)32)6-9-21(22)29/h1-13H,(H2,33,34)(H2,35,36,37). The van der Waals surface area contributed by atoms with E-state index in [1.54, 1.807) is 48.9 Å². The summed E-state index contributed by atoms with van der Waals surface area (Å²) in [6.45, 7) is 0. The summed E-state index contributed by atoms with van der Waals surface area (Å²) < 4.78 is 58.5. The van der Waals surface area contributed by atoms with Gasteiger partial charge in [-0.3, -0.25) is 0 Å². The highest BCUT2D eigenvalue weighted by Crippen LogP contribution is 2.39. The van der Waals surface area contributed by atoms with Gasteiger partial charge in [0.05, 0.1) is 22.9 Å². The molecule has 0 aliphatic heterocycles. The molecule has 0 spiro atoms. The largest absolute Gasteiger partial charge is 0.463 e. The maximum atomic E-state index is 13.9. The zero-order valence-corrected chi connectivity index (χ0v) is 20.0. The molecule has 5 aromatic rings. The zero-order valence-electron chi connectivity index (χ0n) is 19.2. The summed E-state index contributed by atoms with van der Waals surface area (Å²) in [4.78, 5) is 16.6. The number of pyridine rings is 1. The maximum Gasteiger partial charge on any atom is 0.416 e. The van der Waals surface area contributed by atoms with Gasteiger partial charge in [0.25, 0.3) is 0 Å². The Kier molecular flexibility index (Phi) is 6.41. The molecule has 0 aliphatic rings. The molecule has 2 aromatic heterocycles. The fourth-order valence-electron chi connectivity index (χ4n) is 3.96. The lowest BCUT2D eigenvalue weighted by molar-refractivity contribution is -0.137. The average Bonchev–Trinajstić information content (AvgIpc) is 3.31. The first kappa shape index (κ1) is 25.1. The smallest absolute Gasteiger partial charge is 0.416 e. The van der Waals surface area contributed by atoms with Crippen LogP contribution in [-0.4, -0.2) is 11.0 Å². The van der Waals surface area contributed by atoms with E-state index in [-0.39, 0.29) is 5.82 Å². The van der Waals surface area contributed by atoms with Crippen LogP contribution in [0.25, 0.3) is 33.2 Å². The second-order valence-corrected chi connectivity index (χ2v) is 8.71. The molecule has 6 nitrogen and oxygen atoms in total. The quantitative estimate of drug-likeness (QED) is 0.200. The van der Waals surface area contributed by atoms with Gasteiger partial charge in [-0.25, -0.2) is 14.2 Å². The monoisotopic (exact) mass is 540 g/mol. The van der Waals surface area contributed by atoms with Crippen molar-refractivity contribution in [2.24, 2.45) is 0 Å². The molecular formula is C27H17ClF4N4O2. The number of halogens is 5. The van der Waals surface area contributed by atoms with Crippen molar-refractivity contribution in [3.05, 3.63) is 95.6 Å². The minimum Gasteiger partial charge on any atom is -0.463 e. The van der Waals surface area contributed by atoms with Crippen LogP contribution in [-0.2, 0) is 6.18 Å². The van der Waals surface area contributed by atoms with E-state index in [2.05, 4.69) is 15.6 Å². The van der Waals surface area contributed by atoms with Crippen molar-refractivity contribution in [1.82, 2.24) is 4.98 Å². The second kappa shape index (κ2) is 9.71. The Balaban J connectivity index is 1.38. The summed E-state index contributed by atoms with van der Waals surface area (Å²) in [7, 11) is 0. The molecule has 0 saturated carbocycles. The number of benzene rings is 3.